The molecule has 2 aliphatic rings. The van der Waals surface area contributed by atoms with Crippen molar-refractivity contribution in [3.05, 3.63) is 29.3 Å². The zero-order valence-electron chi connectivity index (χ0n) is 11.8. The Kier molecular flexibility index (Phi) is 2.63. The van der Waals surface area contributed by atoms with E-state index in [0.717, 1.165) is 37.2 Å². The van der Waals surface area contributed by atoms with Crippen LogP contribution >= 0.6 is 0 Å². The molecule has 1 unspecified atom stereocenters. The second-order valence-corrected chi connectivity index (χ2v) is 6.23. The lowest BCUT2D eigenvalue weighted by atomic mass is 9.86. The Bertz CT molecular complexity index is 533. The maximum absolute atomic E-state index is 12.2. The Labute approximate surface area is 113 Å². The van der Waals surface area contributed by atoms with Gasteiger partial charge < -0.3 is 9.47 Å². The summed E-state index contributed by atoms with van der Waals surface area (Å²) in [4.78, 5) is 12.2. The van der Waals surface area contributed by atoms with Crippen LogP contribution in [-0.4, -0.2) is 19.7 Å². The van der Waals surface area contributed by atoms with Gasteiger partial charge in [-0.25, -0.2) is 0 Å². The van der Waals surface area contributed by atoms with Crippen LogP contribution in [0.25, 0.3) is 0 Å². The number of esters is 1. The zero-order chi connectivity index (χ0) is 13.7. The summed E-state index contributed by atoms with van der Waals surface area (Å²) in [6.07, 6.45) is 2.93. The number of ether oxygens (including phenoxy) is 2. The molecule has 1 fully saturated rings. The van der Waals surface area contributed by atoms with Gasteiger partial charge in [0.1, 0.15) is 5.75 Å². The minimum atomic E-state index is -0.464. The fraction of sp³-hybridized carbons (Fsp3) is 0.562. The molecule has 1 aromatic rings. The van der Waals surface area contributed by atoms with Crippen molar-refractivity contribution in [3.8, 4) is 5.75 Å². The highest BCUT2D eigenvalue weighted by molar-refractivity contribution is 5.88. The fourth-order valence-corrected chi connectivity index (χ4v) is 3.38. The first-order valence-electron chi connectivity index (χ1n) is 6.86. The molecule has 0 N–H and O–H groups in total. The van der Waals surface area contributed by atoms with E-state index < -0.39 is 5.41 Å². The van der Waals surface area contributed by atoms with E-state index in [4.69, 9.17) is 9.47 Å². The van der Waals surface area contributed by atoms with Crippen LogP contribution in [0.1, 0.15) is 37.8 Å². The van der Waals surface area contributed by atoms with Gasteiger partial charge in [-0.3, -0.25) is 4.79 Å². The summed E-state index contributed by atoms with van der Waals surface area (Å²) in [6, 6.07) is 6.17. The third kappa shape index (κ3) is 1.67. The van der Waals surface area contributed by atoms with Gasteiger partial charge in [0.25, 0.3) is 0 Å². The minimum Gasteiger partial charge on any atom is -0.493 e. The highest BCUT2D eigenvalue weighted by Crippen LogP contribution is 2.65. The van der Waals surface area contributed by atoms with E-state index in [1.165, 1.54) is 12.7 Å². The molecule has 0 amide bonds. The van der Waals surface area contributed by atoms with Crippen molar-refractivity contribution in [2.45, 2.75) is 38.5 Å². The third-order valence-corrected chi connectivity index (χ3v) is 4.67. The second-order valence-electron chi connectivity index (χ2n) is 6.23. The Morgan fingerprint density at radius 2 is 2.11 bits per heavy atom. The number of benzene rings is 1. The van der Waals surface area contributed by atoms with Gasteiger partial charge in [0.15, 0.2) is 0 Å². The van der Waals surface area contributed by atoms with Gasteiger partial charge in [0, 0.05) is 0 Å². The summed E-state index contributed by atoms with van der Waals surface area (Å²) in [6.45, 7) is 5.04. The molecule has 19 heavy (non-hydrogen) atoms. The average molecular weight is 260 g/mol. The molecule has 1 atom stereocenters. The van der Waals surface area contributed by atoms with Crippen LogP contribution in [0.2, 0.25) is 0 Å². The summed E-state index contributed by atoms with van der Waals surface area (Å²) in [5.74, 6) is 0.850. The first-order chi connectivity index (χ1) is 9.01. The zero-order valence-corrected chi connectivity index (χ0v) is 11.8. The molecule has 1 aromatic carbocycles. The lowest BCUT2D eigenvalue weighted by molar-refractivity contribution is -0.144. The summed E-state index contributed by atoms with van der Waals surface area (Å²) in [5, 5.41) is 0. The van der Waals surface area contributed by atoms with Gasteiger partial charge in [0.05, 0.1) is 19.1 Å². The third-order valence-electron chi connectivity index (χ3n) is 4.67. The number of methoxy groups -OCH3 is 1. The van der Waals surface area contributed by atoms with Crippen molar-refractivity contribution in [3.63, 3.8) is 0 Å². The standard InChI is InChI=1S/C16H20O3/c1-15(2)10-16(15,14(17)18-3)12-6-7-13-11(9-12)5-4-8-19-13/h6-7,9H,4-5,8,10H2,1-3H3. The number of rotatable bonds is 2. The fourth-order valence-electron chi connectivity index (χ4n) is 3.38. The number of carbonyl (C=O) groups is 1. The van der Waals surface area contributed by atoms with Crippen LogP contribution in [0.3, 0.4) is 0 Å². The van der Waals surface area contributed by atoms with Crippen LogP contribution in [0.5, 0.6) is 5.75 Å². The topological polar surface area (TPSA) is 35.5 Å². The SMILES string of the molecule is COC(=O)C1(c2ccc3c(c2)CCCO3)CC1(C)C. The lowest BCUT2D eigenvalue weighted by Crippen LogP contribution is -2.27. The summed E-state index contributed by atoms with van der Waals surface area (Å²) < 4.78 is 10.7. The molecule has 3 nitrogen and oxygen atoms in total. The number of hydrogen-bond donors (Lipinski definition) is 0. The predicted molar refractivity (Wildman–Crippen MR) is 72.4 cm³/mol. The number of carbonyl (C=O) groups excluding carboxylic acids is 1. The van der Waals surface area contributed by atoms with Gasteiger partial charge in [-0.15, -0.1) is 0 Å². The van der Waals surface area contributed by atoms with Crippen LogP contribution < -0.4 is 4.74 Å². The quantitative estimate of drug-likeness (QED) is 0.767. The van der Waals surface area contributed by atoms with Gasteiger partial charge in [0.2, 0.25) is 0 Å². The highest BCUT2D eigenvalue weighted by Gasteiger charge is 2.68. The maximum Gasteiger partial charge on any atom is 0.316 e. The predicted octanol–water partition coefficient (Wildman–Crippen LogP) is 2.85. The van der Waals surface area contributed by atoms with Crippen molar-refractivity contribution in [2.24, 2.45) is 5.41 Å². The van der Waals surface area contributed by atoms with Gasteiger partial charge in [-0.1, -0.05) is 26.0 Å². The van der Waals surface area contributed by atoms with E-state index in [2.05, 4.69) is 19.9 Å². The van der Waals surface area contributed by atoms with E-state index in [-0.39, 0.29) is 11.4 Å². The molecule has 3 rings (SSSR count). The number of fused-ring (bicyclic) bond motifs is 1. The van der Waals surface area contributed by atoms with Crippen molar-refractivity contribution in [1.82, 2.24) is 0 Å². The Balaban J connectivity index is 2.04. The number of aryl methyl sites for hydroxylation is 1. The second kappa shape index (κ2) is 3.99. The molecule has 3 heteroatoms. The van der Waals surface area contributed by atoms with E-state index in [1.807, 2.05) is 12.1 Å². The Morgan fingerprint density at radius 1 is 1.37 bits per heavy atom. The molecular formula is C16H20O3. The average Bonchev–Trinajstić information content (AvgIpc) is 3.01. The van der Waals surface area contributed by atoms with E-state index >= 15 is 0 Å². The van der Waals surface area contributed by atoms with E-state index in [0.29, 0.717) is 0 Å². The summed E-state index contributed by atoms with van der Waals surface area (Å²) in [5.41, 5.74) is 1.81. The van der Waals surface area contributed by atoms with Crippen molar-refractivity contribution in [1.29, 1.82) is 0 Å². The Morgan fingerprint density at radius 3 is 2.74 bits per heavy atom. The van der Waals surface area contributed by atoms with E-state index in [1.54, 1.807) is 0 Å². The summed E-state index contributed by atoms with van der Waals surface area (Å²) in [7, 11) is 1.47. The molecular weight excluding hydrogens is 240 g/mol. The summed E-state index contributed by atoms with van der Waals surface area (Å²) >= 11 is 0. The smallest absolute Gasteiger partial charge is 0.316 e. The van der Waals surface area contributed by atoms with Crippen LogP contribution in [-0.2, 0) is 21.4 Å². The largest absolute Gasteiger partial charge is 0.493 e. The first-order valence-corrected chi connectivity index (χ1v) is 6.86. The molecule has 1 heterocycles. The first kappa shape index (κ1) is 12.5. The van der Waals surface area contributed by atoms with Crippen molar-refractivity contribution >= 4 is 5.97 Å². The number of hydrogen-bond acceptors (Lipinski definition) is 3. The van der Waals surface area contributed by atoms with E-state index in [9.17, 15) is 4.79 Å². The van der Waals surface area contributed by atoms with Gasteiger partial charge in [-0.2, -0.15) is 0 Å². The molecule has 0 radical (unpaired) electrons. The van der Waals surface area contributed by atoms with Crippen LogP contribution in [0.15, 0.2) is 18.2 Å². The monoisotopic (exact) mass is 260 g/mol. The molecule has 0 spiro atoms. The molecule has 0 aromatic heterocycles. The maximum atomic E-state index is 12.2. The minimum absolute atomic E-state index is 0.0240. The Hall–Kier alpha value is -1.51. The van der Waals surface area contributed by atoms with Gasteiger partial charge >= 0.3 is 5.97 Å². The normalized spacial score (nSPS) is 27.1. The molecule has 102 valence electrons. The molecule has 1 aliphatic heterocycles. The van der Waals surface area contributed by atoms with Crippen LogP contribution in [0, 0.1) is 5.41 Å². The molecule has 1 saturated carbocycles. The highest BCUT2D eigenvalue weighted by atomic mass is 16.5. The molecule has 0 bridgehead atoms. The van der Waals surface area contributed by atoms with Gasteiger partial charge in [-0.05, 0) is 41.9 Å². The lowest BCUT2D eigenvalue weighted by Gasteiger charge is -2.22. The van der Waals surface area contributed by atoms with Crippen molar-refractivity contribution in [2.75, 3.05) is 13.7 Å². The molecule has 0 saturated heterocycles. The van der Waals surface area contributed by atoms with Crippen LogP contribution in [0.4, 0.5) is 0 Å². The molecule has 1 aliphatic carbocycles. The van der Waals surface area contributed by atoms with Crippen molar-refractivity contribution < 1.29 is 14.3 Å².